The maximum absolute atomic E-state index is 12.0. The number of carbonyl (C=O) groups is 1. The van der Waals surface area contributed by atoms with Crippen molar-refractivity contribution in [2.24, 2.45) is 5.73 Å². The molecule has 1 rings (SSSR count). The molecular formula is C16H26N2O2. The van der Waals surface area contributed by atoms with Crippen molar-refractivity contribution in [3.8, 4) is 5.75 Å². The molecule has 3 N–H and O–H groups in total. The van der Waals surface area contributed by atoms with Crippen molar-refractivity contribution in [1.29, 1.82) is 0 Å². The Labute approximate surface area is 121 Å². The van der Waals surface area contributed by atoms with Gasteiger partial charge in [0.15, 0.2) is 6.10 Å². The quantitative estimate of drug-likeness (QED) is 0.806. The zero-order chi connectivity index (χ0) is 15.1. The molecule has 1 amide bonds. The Bertz CT molecular complexity index is 411. The van der Waals surface area contributed by atoms with E-state index in [9.17, 15) is 4.79 Å². The minimum Gasteiger partial charge on any atom is -0.481 e. The minimum absolute atomic E-state index is 0.000335. The summed E-state index contributed by atoms with van der Waals surface area (Å²) in [6.45, 7) is 7.82. The first-order chi connectivity index (χ1) is 9.47. The van der Waals surface area contributed by atoms with Crippen LogP contribution in [0.25, 0.3) is 0 Å². The van der Waals surface area contributed by atoms with Gasteiger partial charge in [-0.15, -0.1) is 0 Å². The summed E-state index contributed by atoms with van der Waals surface area (Å²) in [7, 11) is 0. The molecule has 1 aromatic carbocycles. The van der Waals surface area contributed by atoms with Gasteiger partial charge in [0.2, 0.25) is 0 Å². The van der Waals surface area contributed by atoms with Gasteiger partial charge in [-0.3, -0.25) is 4.79 Å². The highest BCUT2D eigenvalue weighted by molar-refractivity contribution is 5.81. The van der Waals surface area contributed by atoms with E-state index in [4.69, 9.17) is 10.5 Å². The summed E-state index contributed by atoms with van der Waals surface area (Å²) in [5, 5.41) is 2.98. The van der Waals surface area contributed by atoms with Crippen molar-refractivity contribution in [3.63, 3.8) is 0 Å². The molecule has 4 heteroatoms. The van der Waals surface area contributed by atoms with E-state index in [-0.39, 0.29) is 18.0 Å². The van der Waals surface area contributed by atoms with Gasteiger partial charge >= 0.3 is 0 Å². The molecule has 0 fully saturated rings. The van der Waals surface area contributed by atoms with E-state index >= 15 is 0 Å². The van der Waals surface area contributed by atoms with Crippen molar-refractivity contribution in [2.45, 2.75) is 58.7 Å². The van der Waals surface area contributed by atoms with E-state index < -0.39 is 6.10 Å². The molecular weight excluding hydrogens is 252 g/mol. The average molecular weight is 278 g/mol. The molecule has 0 bridgehead atoms. The predicted octanol–water partition coefficient (Wildman–Crippen LogP) is 2.78. The number of nitrogens with one attached hydrogen (secondary N) is 1. The lowest BCUT2D eigenvalue weighted by atomic mass is 10.1. The largest absolute Gasteiger partial charge is 0.481 e. The van der Waals surface area contributed by atoms with Crippen molar-refractivity contribution in [2.75, 3.05) is 0 Å². The average Bonchev–Trinajstić information content (AvgIpc) is 2.44. The van der Waals surface area contributed by atoms with Gasteiger partial charge in [-0.1, -0.05) is 26.0 Å². The van der Waals surface area contributed by atoms with Crippen LogP contribution >= 0.6 is 0 Å². The number of hydrogen-bond acceptors (Lipinski definition) is 3. The number of nitrogens with two attached hydrogens (primary N) is 1. The SMILES string of the molecule is CCC(CC)NC(=O)C(C)Oc1ccc([C@@H](C)N)cc1. The zero-order valence-electron chi connectivity index (χ0n) is 12.8. The molecule has 0 radical (unpaired) electrons. The number of benzene rings is 1. The Morgan fingerprint density at radius 1 is 1.20 bits per heavy atom. The summed E-state index contributed by atoms with van der Waals surface area (Å²) in [6.07, 6.45) is 1.35. The second-order valence-corrected chi connectivity index (χ2v) is 5.14. The summed E-state index contributed by atoms with van der Waals surface area (Å²) in [5.74, 6) is 0.608. The number of carbonyl (C=O) groups excluding carboxylic acids is 1. The van der Waals surface area contributed by atoms with E-state index in [0.717, 1.165) is 18.4 Å². The molecule has 112 valence electrons. The molecule has 0 saturated heterocycles. The van der Waals surface area contributed by atoms with Crippen LogP contribution in [0.4, 0.5) is 0 Å². The Kier molecular flexibility index (Phi) is 6.52. The molecule has 0 spiro atoms. The highest BCUT2D eigenvalue weighted by Gasteiger charge is 2.17. The highest BCUT2D eigenvalue weighted by Crippen LogP contribution is 2.17. The highest BCUT2D eigenvalue weighted by atomic mass is 16.5. The summed E-state index contributed by atoms with van der Waals surface area (Å²) < 4.78 is 5.65. The second kappa shape index (κ2) is 7.90. The number of amides is 1. The van der Waals surface area contributed by atoms with Gasteiger partial charge in [0.1, 0.15) is 5.75 Å². The van der Waals surface area contributed by atoms with Crippen LogP contribution in [0, 0.1) is 0 Å². The number of rotatable bonds is 7. The van der Waals surface area contributed by atoms with Crippen LogP contribution in [-0.2, 0) is 4.79 Å². The lowest BCUT2D eigenvalue weighted by Gasteiger charge is -2.19. The fraction of sp³-hybridized carbons (Fsp3) is 0.562. The third-order valence-corrected chi connectivity index (χ3v) is 3.42. The minimum atomic E-state index is -0.503. The van der Waals surface area contributed by atoms with Crippen LogP contribution < -0.4 is 15.8 Å². The van der Waals surface area contributed by atoms with Crippen molar-refractivity contribution in [1.82, 2.24) is 5.32 Å². The van der Waals surface area contributed by atoms with Gasteiger partial charge in [-0.2, -0.15) is 0 Å². The van der Waals surface area contributed by atoms with E-state index in [1.807, 2.05) is 31.2 Å². The summed E-state index contributed by atoms with van der Waals surface area (Å²) in [6, 6.07) is 7.75. The van der Waals surface area contributed by atoms with Gasteiger partial charge in [0.25, 0.3) is 5.91 Å². The lowest BCUT2D eigenvalue weighted by Crippen LogP contribution is -2.42. The van der Waals surface area contributed by atoms with Crippen molar-refractivity contribution < 1.29 is 9.53 Å². The Morgan fingerprint density at radius 3 is 2.20 bits per heavy atom. The molecule has 4 nitrogen and oxygen atoms in total. The van der Waals surface area contributed by atoms with Gasteiger partial charge < -0.3 is 15.8 Å². The van der Waals surface area contributed by atoms with Crippen LogP contribution in [0.15, 0.2) is 24.3 Å². The third-order valence-electron chi connectivity index (χ3n) is 3.42. The standard InChI is InChI=1S/C16H26N2O2/c1-5-14(6-2)18-16(19)12(4)20-15-9-7-13(8-10-15)11(3)17/h7-12,14H,5-6,17H2,1-4H3,(H,18,19)/t11-,12?/m1/s1. The normalized spacial score (nSPS) is 13.9. The molecule has 0 heterocycles. The van der Waals surface area contributed by atoms with Crippen LogP contribution in [0.3, 0.4) is 0 Å². The van der Waals surface area contributed by atoms with E-state index in [2.05, 4.69) is 19.2 Å². The van der Waals surface area contributed by atoms with Gasteiger partial charge in [-0.05, 0) is 44.4 Å². The molecule has 20 heavy (non-hydrogen) atoms. The lowest BCUT2D eigenvalue weighted by molar-refractivity contribution is -0.128. The van der Waals surface area contributed by atoms with Crippen molar-refractivity contribution in [3.05, 3.63) is 29.8 Å². The molecule has 0 aromatic heterocycles. The monoisotopic (exact) mass is 278 g/mol. The molecule has 1 unspecified atom stereocenters. The van der Waals surface area contributed by atoms with Crippen LogP contribution in [0.1, 0.15) is 52.1 Å². The summed E-state index contributed by atoms with van der Waals surface area (Å²) in [4.78, 5) is 12.0. The van der Waals surface area contributed by atoms with Gasteiger partial charge in [0, 0.05) is 12.1 Å². The molecule has 0 saturated carbocycles. The summed E-state index contributed by atoms with van der Waals surface area (Å²) in [5.41, 5.74) is 6.84. The van der Waals surface area contributed by atoms with Crippen LogP contribution in [0.2, 0.25) is 0 Å². The first-order valence-electron chi connectivity index (χ1n) is 7.30. The fourth-order valence-corrected chi connectivity index (χ4v) is 1.92. The third kappa shape index (κ3) is 4.85. The maximum Gasteiger partial charge on any atom is 0.260 e. The maximum atomic E-state index is 12.0. The topological polar surface area (TPSA) is 64.3 Å². The summed E-state index contributed by atoms with van der Waals surface area (Å²) >= 11 is 0. The Balaban J connectivity index is 2.56. The number of hydrogen-bond donors (Lipinski definition) is 2. The van der Waals surface area contributed by atoms with Crippen molar-refractivity contribution >= 4 is 5.91 Å². The van der Waals surface area contributed by atoms with Crippen LogP contribution in [0.5, 0.6) is 5.75 Å². The Hall–Kier alpha value is -1.55. The Morgan fingerprint density at radius 2 is 1.75 bits per heavy atom. The smallest absolute Gasteiger partial charge is 0.260 e. The first-order valence-corrected chi connectivity index (χ1v) is 7.30. The predicted molar refractivity (Wildman–Crippen MR) is 81.6 cm³/mol. The molecule has 0 aliphatic carbocycles. The molecule has 0 aliphatic rings. The van der Waals surface area contributed by atoms with Crippen LogP contribution in [-0.4, -0.2) is 18.1 Å². The second-order valence-electron chi connectivity index (χ2n) is 5.14. The van der Waals surface area contributed by atoms with E-state index in [1.165, 1.54) is 0 Å². The van der Waals surface area contributed by atoms with Gasteiger partial charge in [0.05, 0.1) is 0 Å². The zero-order valence-corrected chi connectivity index (χ0v) is 12.8. The molecule has 2 atom stereocenters. The molecule has 1 aromatic rings. The fourth-order valence-electron chi connectivity index (χ4n) is 1.92. The first kappa shape index (κ1) is 16.5. The number of ether oxygens (including phenoxy) is 1. The van der Waals surface area contributed by atoms with E-state index in [0.29, 0.717) is 5.75 Å². The molecule has 0 aliphatic heterocycles. The van der Waals surface area contributed by atoms with Gasteiger partial charge in [-0.25, -0.2) is 0 Å². The van der Waals surface area contributed by atoms with E-state index in [1.54, 1.807) is 6.92 Å².